The van der Waals surface area contributed by atoms with Gasteiger partial charge in [-0.3, -0.25) is 9.79 Å². The molecule has 1 amide bonds. The average molecular weight is 128 g/mol. The second kappa shape index (κ2) is 2.59. The zero-order valence-electron chi connectivity index (χ0n) is 5.18. The summed E-state index contributed by atoms with van der Waals surface area (Å²) < 4.78 is 4.73. The lowest BCUT2D eigenvalue weighted by Gasteiger charge is -1.95. The first kappa shape index (κ1) is 6.22. The van der Waals surface area contributed by atoms with Gasteiger partial charge in [-0.15, -0.1) is 0 Å². The van der Waals surface area contributed by atoms with Crippen molar-refractivity contribution in [3.05, 3.63) is 0 Å². The SMILES string of the molecule is COCC1=NCC(=O)N1. The lowest BCUT2D eigenvalue weighted by Crippen LogP contribution is -2.27. The second-order valence-electron chi connectivity index (χ2n) is 1.74. The van der Waals surface area contributed by atoms with E-state index in [0.29, 0.717) is 12.4 Å². The van der Waals surface area contributed by atoms with Crippen molar-refractivity contribution in [2.24, 2.45) is 4.99 Å². The molecule has 1 rings (SSSR count). The van der Waals surface area contributed by atoms with Crippen LogP contribution in [0, 0.1) is 0 Å². The maximum Gasteiger partial charge on any atom is 0.247 e. The number of aliphatic imine (C=N–C) groups is 1. The van der Waals surface area contributed by atoms with E-state index in [1.807, 2.05) is 0 Å². The second-order valence-corrected chi connectivity index (χ2v) is 1.74. The zero-order chi connectivity index (χ0) is 6.69. The molecule has 4 nitrogen and oxygen atoms in total. The number of amides is 1. The molecule has 1 aliphatic heterocycles. The van der Waals surface area contributed by atoms with E-state index in [-0.39, 0.29) is 12.5 Å². The molecule has 1 heterocycles. The quantitative estimate of drug-likeness (QED) is 0.527. The number of nitrogens with zero attached hydrogens (tertiary/aromatic N) is 1. The van der Waals surface area contributed by atoms with Crippen LogP contribution in [0.1, 0.15) is 0 Å². The summed E-state index contributed by atoms with van der Waals surface area (Å²) in [6, 6.07) is 0. The third-order valence-electron chi connectivity index (χ3n) is 0.978. The number of hydrogen-bond acceptors (Lipinski definition) is 3. The van der Waals surface area contributed by atoms with E-state index < -0.39 is 0 Å². The predicted octanol–water partition coefficient (Wildman–Crippen LogP) is -0.839. The molecule has 0 radical (unpaired) electrons. The van der Waals surface area contributed by atoms with E-state index in [1.54, 1.807) is 7.11 Å². The molecular weight excluding hydrogens is 120 g/mol. The van der Waals surface area contributed by atoms with Gasteiger partial charge >= 0.3 is 0 Å². The lowest BCUT2D eigenvalue weighted by atomic mass is 10.6. The van der Waals surface area contributed by atoms with Crippen molar-refractivity contribution in [1.82, 2.24) is 5.32 Å². The number of methoxy groups -OCH3 is 1. The fraction of sp³-hybridized carbons (Fsp3) is 0.600. The van der Waals surface area contributed by atoms with Crippen molar-refractivity contribution in [3.8, 4) is 0 Å². The maximum atomic E-state index is 10.4. The topological polar surface area (TPSA) is 50.7 Å². The molecular formula is C5H8N2O2. The summed E-state index contributed by atoms with van der Waals surface area (Å²) in [5, 5.41) is 2.54. The Morgan fingerprint density at radius 3 is 3.11 bits per heavy atom. The first-order valence-corrected chi connectivity index (χ1v) is 2.65. The Bertz CT molecular complexity index is 153. The summed E-state index contributed by atoms with van der Waals surface area (Å²) in [6.45, 7) is 0.643. The lowest BCUT2D eigenvalue weighted by molar-refractivity contribution is -0.117. The van der Waals surface area contributed by atoms with Gasteiger partial charge in [-0.2, -0.15) is 0 Å². The third-order valence-corrected chi connectivity index (χ3v) is 0.978. The highest BCUT2D eigenvalue weighted by atomic mass is 16.5. The van der Waals surface area contributed by atoms with Crippen LogP contribution >= 0.6 is 0 Å². The van der Waals surface area contributed by atoms with Crippen LogP contribution in [0.5, 0.6) is 0 Å². The summed E-state index contributed by atoms with van der Waals surface area (Å²) in [4.78, 5) is 14.3. The Kier molecular flexibility index (Phi) is 1.79. The van der Waals surface area contributed by atoms with E-state index >= 15 is 0 Å². The van der Waals surface area contributed by atoms with E-state index in [1.165, 1.54) is 0 Å². The molecule has 0 aliphatic carbocycles. The normalized spacial score (nSPS) is 17.4. The molecule has 0 bridgehead atoms. The van der Waals surface area contributed by atoms with Crippen molar-refractivity contribution in [2.75, 3.05) is 20.3 Å². The van der Waals surface area contributed by atoms with Gasteiger partial charge in [0.05, 0.1) is 0 Å². The molecule has 0 unspecified atom stereocenters. The Hall–Kier alpha value is -0.900. The van der Waals surface area contributed by atoms with Gasteiger partial charge in [0, 0.05) is 7.11 Å². The molecule has 0 spiro atoms. The summed E-state index contributed by atoms with van der Waals surface area (Å²) >= 11 is 0. The van der Waals surface area contributed by atoms with Gasteiger partial charge in [0.2, 0.25) is 5.91 Å². The number of carbonyl (C=O) groups excluding carboxylic acids is 1. The Morgan fingerprint density at radius 2 is 2.67 bits per heavy atom. The molecule has 50 valence electrons. The van der Waals surface area contributed by atoms with Crippen LogP contribution in [-0.4, -0.2) is 32.0 Å². The molecule has 0 aromatic carbocycles. The molecule has 0 fully saturated rings. The summed E-state index contributed by atoms with van der Waals surface area (Å²) in [6.07, 6.45) is 0. The fourth-order valence-corrected chi connectivity index (χ4v) is 0.626. The molecule has 0 atom stereocenters. The fourth-order valence-electron chi connectivity index (χ4n) is 0.626. The van der Waals surface area contributed by atoms with Crippen molar-refractivity contribution >= 4 is 11.7 Å². The van der Waals surface area contributed by atoms with Gasteiger partial charge in [0.15, 0.2) is 0 Å². The first-order valence-electron chi connectivity index (χ1n) is 2.65. The number of ether oxygens (including phenoxy) is 1. The molecule has 1 N–H and O–H groups in total. The summed E-state index contributed by atoms with van der Waals surface area (Å²) in [5.41, 5.74) is 0. The summed E-state index contributed by atoms with van der Waals surface area (Å²) in [5.74, 6) is 0.574. The van der Waals surface area contributed by atoms with E-state index in [2.05, 4.69) is 10.3 Å². The first-order chi connectivity index (χ1) is 4.33. The molecule has 9 heavy (non-hydrogen) atoms. The molecule has 4 heteroatoms. The molecule has 0 aromatic rings. The number of carbonyl (C=O) groups is 1. The Morgan fingerprint density at radius 1 is 1.89 bits per heavy atom. The van der Waals surface area contributed by atoms with E-state index in [9.17, 15) is 4.79 Å². The summed E-state index contributed by atoms with van der Waals surface area (Å²) in [7, 11) is 1.56. The van der Waals surface area contributed by atoms with Crippen molar-refractivity contribution in [1.29, 1.82) is 0 Å². The van der Waals surface area contributed by atoms with Crippen LogP contribution in [0.2, 0.25) is 0 Å². The number of nitrogens with one attached hydrogen (secondary N) is 1. The van der Waals surface area contributed by atoms with E-state index in [4.69, 9.17) is 4.74 Å². The van der Waals surface area contributed by atoms with Gasteiger partial charge in [-0.25, -0.2) is 0 Å². The van der Waals surface area contributed by atoms with Gasteiger partial charge < -0.3 is 10.1 Å². The van der Waals surface area contributed by atoms with Crippen molar-refractivity contribution in [3.63, 3.8) is 0 Å². The number of hydrogen-bond donors (Lipinski definition) is 1. The molecule has 0 saturated heterocycles. The minimum atomic E-state index is -0.0537. The average Bonchev–Trinajstić information content (AvgIpc) is 2.17. The largest absolute Gasteiger partial charge is 0.377 e. The minimum absolute atomic E-state index is 0.0537. The van der Waals surface area contributed by atoms with Crippen LogP contribution in [0.15, 0.2) is 4.99 Å². The van der Waals surface area contributed by atoms with Gasteiger partial charge in [-0.1, -0.05) is 0 Å². The van der Waals surface area contributed by atoms with Crippen LogP contribution in [0.25, 0.3) is 0 Å². The third kappa shape index (κ3) is 1.50. The monoisotopic (exact) mass is 128 g/mol. The highest BCUT2D eigenvalue weighted by Gasteiger charge is 2.11. The molecule has 0 aromatic heterocycles. The Balaban J connectivity index is 2.36. The zero-order valence-corrected chi connectivity index (χ0v) is 5.18. The predicted molar refractivity (Wildman–Crippen MR) is 32.3 cm³/mol. The van der Waals surface area contributed by atoms with Crippen molar-refractivity contribution < 1.29 is 9.53 Å². The highest BCUT2D eigenvalue weighted by molar-refractivity contribution is 6.04. The number of rotatable bonds is 2. The van der Waals surface area contributed by atoms with Crippen molar-refractivity contribution in [2.45, 2.75) is 0 Å². The van der Waals surface area contributed by atoms with Crippen LogP contribution in [0.4, 0.5) is 0 Å². The van der Waals surface area contributed by atoms with Gasteiger partial charge in [0.25, 0.3) is 0 Å². The van der Waals surface area contributed by atoms with Gasteiger partial charge in [0.1, 0.15) is 19.0 Å². The molecule has 1 aliphatic rings. The van der Waals surface area contributed by atoms with Crippen LogP contribution in [0.3, 0.4) is 0 Å². The molecule has 0 saturated carbocycles. The standard InChI is InChI=1S/C5H8N2O2/c1-9-3-4-6-2-5(8)7-4/h2-3H2,1H3,(H,6,7,8). The van der Waals surface area contributed by atoms with E-state index in [0.717, 1.165) is 0 Å². The van der Waals surface area contributed by atoms with Crippen LogP contribution in [-0.2, 0) is 9.53 Å². The Labute approximate surface area is 52.9 Å². The minimum Gasteiger partial charge on any atom is -0.377 e. The van der Waals surface area contributed by atoms with Crippen LogP contribution < -0.4 is 5.32 Å². The maximum absolute atomic E-state index is 10.4. The number of amidine groups is 1. The van der Waals surface area contributed by atoms with Gasteiger partial charge in [-0.05, 0) is 0 Å². The smallest absolute Gasteiger partial charge is 0.247 e. The highest BCUT2D eigenvalue weighted by Crippen LogP contribution is 1.86.